The number of anilines is 1. The number of imidazole rings is 1. The van der Waals surface area contributed by atoms with E-state index in [9.17, 15) is 4.79 Å². The summed E-state index contributed by atoms with van der Waals surface area (Å²) in [6, 6.07) is 7.58. The van der Waals surface area contributed by atoms with Crippen molar-refractivity contribution in [3.8, 4) is 5.82 Å². The second-order valence-electron chi connectivity index (χ2n) is 6.38. The molecule has 5 rings (SSSR count). The number of aryl methyl sites for hydroxylation is 1. The number of fused-ring (bicyclic) bond motifs is 2. The van der Waals surface area contributed by atoms with Crippen LogP contribution in [0.15, 0.2) is 36.9 Å². The Morgan fingerprint density at radius 2 is 2.07 bits per heavy atom. The summed E-state index contributed by atoms with van der Waals surface area (Å²) in [6.07, 6.45) is 3.29. The minimum absolute atomic E-state index is 0.0940. The standard InChI is InChI=1S/C18H14ClN7O/c1-9-14-11(10-4-2-3-5-12(10)19)6-13(27)24-17(14)26(25-9)18-15-16(21-7-20-15)22-8-23-18/h2-5,7-8,11H,6H2,1H3,(H,24,27)(H,20,21,22,23)/t11-/m1/s1. The van der Waals surface area contributed by atoms with Gasteiger partial charge in [0.2, 0.25) is 5.91 Å². The van der Waals surface area contributed by atoms with E-state index in [0.29, 0.717) is 34.2 Å². The molecule has 0 saturated carbocycles. The highest BCUT2D eigenvalue weighted by atomic mass is 35.5. The molecule has 1 atom stereocenters. The number of hydrogen-bond donors (Lipinski definition) is 2. The minimum atomic E-state index is -0.171. The molecule has 4 aromatic rings. The summed E-state index contributed by atoms with van der Waals surface area (Å²) >= 11 is 6.42. The number of halogens is 1. The van der Waals surface area contributed by atoms with Crippen LogP contribution in [0.1, 0.15) is 29.2 Å². The fraction of sp³-hybridized carbons (Fsp3) is 0.167. The zero-order chi connectivity index (χ0) is 18.5. The lowest BCUT2D eigenvalue weighted by molar-refractivity contribution is -0.116. The van der Waals surface area contributed by atoms with Gasteiger partial charge in [0.05, 0.1) is 12.0 Å². The van der Waals surface area contributed by atoms with Gasteiger partial charge < -0.3 is 10.3 Å². The number of aromatic nitrogens is 6. The summed E-state index contributed by atoms with van der Waals surface area (Å²) < 4.78 is 1.63. The number of H-pyrrole nitrogens is 1. The topological polar surface area (TPSA) is 101 Å². The molecule has 0 saturated heterocycles. The van der Waals surface area contributed by atoms with Crippen LogP contribution in [0.3, 0.4) is 0 Å². The smallest absolute Gasteiger partial charge is 0.226 e. The minimum Gasteiger partial charge on any atom is -0.340 e. The molecule has 0 radical (unpaired) electrons. The van der Waals surface area contributed by atoms with E-state index in [1.165, 1.54) is 6.33 Å². The summed E-state index contributed by atoms with van der Waals surface area (Å²) in [5.74, 6) is 0.865. The van der Waals surface area contributed by atoms with Crippen LogP contribution in [0.5, 0.6) is 0 Å². The molecule has 0 spiro atoms. The van der Waals surface area contributed by atoms with E-state index in [4.69, 9.17) is 11.6 Å². The van der Waals surface area contributed by atoms with Gasteiger partial charge in [-0.3, -0.25) is 4.79 Å². The molecular weight excluding hydrogens is 366 g/mol. The molecule has 0 unspecified atom stereocenters. The van der Waals surface area contributed by atoms with E-state index < -0.39 is 0 Å². The summed E-state index contributed by atoms with van der Waals surface area (Å²) in [5, 5.41) is 8.23. The van der Waals surface area contributed by atoms with Crippen LogP contribution in [0.2, 0.25) is 5.02 Å². The first kappa shape index (κ1) is 16.0. The van der Waals surface area contributed by atoms with Gasteiger partial charge in [-0.05, 0) is 18.6 Å². The number of carbonyl (C=O) groups excluding carboxylic acids is 1. The van der Waals surface area contributed by atoms with Crippen molar-refractivity contribution in [2.75, 3.05) is 5.32 Å². The maximum absolute atomic E-state index is 12.5. The highest BCUT2D eigenvalue weighted by Crippen LogP contribution is 2.42. The Morgan fingerprint density at radius 1 is 1.22 bits per heavy atom. The normalized spacial score (nSPS) is 16.4. The van der Waals surface area contributed by atoms with Crippen molar-refractivity contribution < 1.29 is 4.79 Å². The third-order valence-electron chi connectivity index (χ3n) is 4.79. The molecule has 3 aromatic heterocycles. The quantitative estimate of drug-likeness (QED) is 0.557. The number of aromatic amines is 1. The molecule has 0 aliphatic carbocycles. The second kappa shape index (κ2) is 5.88. The van der Waals surface area contributed by atoms with Gasteiger partial charge in [0.25, 0.3) is 0 Å². The van der Waals surface area contributed by atoms with Crippen LogP contribution >= 0.6 is 11.6 Å². The first-order chi connectivity index (χ1) is 13.1. The SMILES string of the molecule is Cc1nn(-c2ncnc3nc[nH]c23)c2c1[C@@H](c1ccccc1Cl)CC(=O)N2. The van der Waals surface area contributed by atoms with E-state index >= 15 is 0 Å². The van der Waals surface area contributed by atoms with Crippen molar-refractivity contribution in [1.29, 1.82) is 0 Å². The van der Waals surface area contributed by atoms with Crippen molar-refractivity contribution >= 4 is 34.5 Å². The lowest BCUT2D eigenvalue weighted by Crippen LogP contribution is -2.25. The molecule has 27 heavy (non-hydrogen) atoms. The van der Waals surface area contributed by atoms with Gasteiger partial charge in [0.15, 0.2) is 11.5 Å². The van der Waals surface area contributed by atoms with E-state index in [1.54, 1.807) is 11.0 Å². The summed E-state index contributed by atoms with van der Waals surface area (Å²) in [4.78, 5) is 28.2. The van der Waals surface area contributed by atoms with Crippen molar-refractivity contribution in [1.82, 2.24) is 29.7 Å². The van der Waals surface area contributed by atoms with Gasteiger partial charge in [-0.25, -0.2) is 15.0 Å². The molecule has 1 aromatic carbocycles. The van der Waals surface area contributed by atoms with Crippen LogP contribution in [0, 0.1) is 6.92 Å². The van der Waals surface area contributed by atoms with Gasteiger partial charge in [-0.2, -0.15) is 9.78 Å². The van der Waals surface area contributed by atoms with Gasteiger partial charge in [-0.1, -0.05) is 29.8 Å². The molecule has 1 aliphatic rings. The first-order valence-corrected chi connectivity index (χ1v) is 8.79. The predicted octanol–water partition coefficient (Wildman–Crippen LogP) is 2.97. The van der Waals surface area contributed by atoms with Crippen molar-refractivity contribution in [2.24, 2.45) is 0 Å². The van der Waals surface area contributed by atoms with Gasteiger partial charge in [-0.15, -0.1) is 0 Å². The molecule has 0 bridgehead atoms. The Balaban J connectivity index is 1.75. The van der Waals surface area contributed by atoms with Crippen LogP contribution in [-0.4, -0.2) is 35.6 Å². The van der Waals surface area contributed by atoms with Crippen LogP contribution in [0.4, 0.5) is 5.82 Å². The highest BCUT2D eigenvalue weighted by Gasteiger charge is 2.34. The first-order valence-electron chi connectivity index (χ1n) is 8.41. The zero-order valence-corrected chi connectivity index (χ0v) is 15.0. The maximum Gasteiger partial charge on any atom is 0.226 e. The molecule has 9 heteroatoms. The maximum atomic E-state index is 12.5. The third-order valence-corrected chi connectivity index (χ3v) is 5.13. The summed E-state index contributed by atoms with van der Waals surface area (Å²) in [5.41, 5.74) is 3.84. The third kappa shape index (κ3) is 2.41. The highest BCUT2D eigenvalue weighted by molar-refractivity contribution is 6.31. The van der Waals surface area contributed by atoms with E-state index in [-0.39, 0.29) is 11.8 Å². The molecule has 0 fully saturated rings. The molecule has 1 amide bonds. The van der Waals surface area contributed by atoms with Crippen LogP contribution < -0.4 is 5.32 Å². The Hall–Kier alpha value is -3.26. The summed E-state index contributed by atoms with van der Waals surface area (Å²) in [6.45, 7) is 1.92. The average Bonchev–Trinajstić information content (AvgIpc) is 3.26. The molecule has 134 valence electrons. The lowest BCUT2D eigenvalue weighted by atomic mass is 9.86. The Morgan fingerprint density at radius 3 is 2.93 bits per heavy atom. The molecule has 4 heterocycles. The largest absolute Gasteiger partial charge is 0.340 e. The Kier molecular flexibility index (Phi) is 3.48. The molecule has 1 aliphatic heterocycles. The predicted molar refractivity (Wildman–Crippen MR) is 100 cm³/mol. The number of hydrogen-bond acceptors (Lipinski definition) is 5. The van der Waals surface area contributed by atoms with Gasteiger partial charge in [0.1, 0.15) is 17.7 Å². The van der Waals surface area contributed by atoms with Crippen molar-refractivity contribution in [3.63, 3.8) is 0 Å². The Bertz CT molecular complexity index is 1200. The molecular formula is C18H14ClN7O. The van der Waals surface area contributed by atoms with E-state index in [0.717, 1.165) is 16.8 Å². The second-order valence-corrected chi connectivity index (χ2v) is 6.79. The fourth-order valence-electron chi connectivity index (χ4n) is 3.64. The van der Waals surface area contributed by atoms with Crippen LogP contribution in [0.25, 0.3) is 17.0 Å². The van der Waals surface area contributed by atoms with E-state index in [2.05, 4.69) is 30.4 Å². The lowest BCUT2D eigenvalue weighted by Gasteiger charge is -2.25. The fourth-order valence-corrected chi connectivity index (χ4v) is 3.90. The van der Waals surface area contributed by atoms with Crippen molar-refractivity contribution in [2.45, 2.75) is 19.3 Å². The number of amides is 1. The average molecular weight is 380 g/mol. The number of rotatable bonds is 2. The van der Waals surface area contributed by atoms with Crippen molar-refractivity contribution in [3.05, 3.63) is 58.8 Å². The number of nitrogens with zero attached hydrogens (tertiary/aromatic N) is 5. The monoisotopic (exact) mass is 379 g/mol. The van der Waals surface area contributed by atoms with Crippen LogP contribution in [-0.2, 0) is 4.79 Å². The summed E-state index contributed by atoms with van der Waals surface area (Å²) in [7, 11) is 0. The number of carbonyl (C=O) groups is 1. The number of benzene rings is 1. The zero-order valence-electron chi connectivity index (χ0n) is 14.3. The number of nitrogens with one attached hydrogen (secondary N) is 2. The van der Waals surface area contributed by atoms with Gasteiger partial charge in [0, 0.05) is 22.9 Å². The van der Waals surface area contributed by atoms with Gasteiger partial charge >= 0.3 is 0 Å². The molecule has 8 nitrogen and oxygen atoms in total. The molecule has 2 N–H and O–H groups in total. The Labute approximate surface area is 158 Å². The van der Waals surface area contributed by atoms with E-state index in [1.807, 2.05) is 31.2 Å².